The van der Waals surface area contributed by atoms with Crippen LogP contribution in [0.4, 0.5) is 0 Å². The highest BCUT2D eigenvalue weighted by Crippen LogP contribution is 2.11. The Hall–Kier alpha value is -0.570. The summed E-state index contributed by atoms with van der Waals surface area (Å²) in [6.45, 7) is 11.2. The van der Waals surface area contributed by atoms with E-state index in [2.05, 4.69) is 20.8 Å². The van der Waals surface area contributed by atoms with Gasteiger partial charge in [0.25, 0.3) is 0 Å². The lowest BCUT2D eigenvalue weighted by atomic mass is 10.0. The van der Waals surface area contributed by atoms with E-state index < -0.39 is 0 Å². The van der Waals surface area contributed by atoms with Crippen molar-refractivity contribution in [1.29, 1.82) is 0 Å². The minimum atomic E-state index is 0.150. The van der Waals surface area contributed by atoms with Gasteiger partial charge in [-0.2, -0.15) is 0 Å². The SMILES string of the molecule is CCC(C)CCCCOCCCCN(C)C(=O)C(C)CC. The molecule has 3 nitrogen and oxygen atoms in total. The van der Waals surface area contributed by atoms with Crippen molar-refractivity contribution in [3.05, 3.63) is 0 Å². The Balaban J connectivity index is 3.38. The minimum Gasteiger partial charge on any atom is -0.381 e. The molecule has 0 aromatic carbocycles. The average Bonchev–Trinajstić information content (AvgIpc) is 2.50. The van der Waals surface area contributed by atoms with Crippen LogP contribution in [0.3, 0.4) is 0 Å². The minimum absolute atomic E-state index is 0.150. The molecule has 126 valence electrons. The number of nitrogens with zero attached hydrogens (tertiary/aromatic N) is 1. The molecule has 0 aromatic heterocycles. The molecule has 0 saturated heterocycles. The van der Waals surface area contributed by atoms with E-state index in [1.54, 1.807) is 0 Å². The highest BCUT2D eigenvalue weighted by molar-refractivity contribution is 5.78. The first-order valence-corrected chi connectivity index (χ1v) is 8.85. The van der Waals surface area contributed by atoms with Crippen LogP contribution in [0.15, 0.2) is 0 Å². The highest BCUT2D eigenvalue weighted by atomic mass is 16.5. The van der Waals surface area contributed by atoms with Crippen molar-refractivity contribution in [3.8, 4) is 0 Å². The first kappa shape index (κ1) is 20.4. The van der Waals surface area contributed by atoms with Crippen LogP contribution in [-0.2, 0) is 9.53 Å². The molecule has 0 rings (SSSR count). The van der Waals surface area contributed by atoms with Crippen LogP contribution in [0.2, 0.25) is 0 Å². The van der Waals surface area contributed by atoms with Crippen LogP contribution in [0.1, 0.15) is 72.6 Å². The van der Waals surface area contributed by atoms with Gasteiger partial charge in [-0.1, -0.05) is 47.0 Å². The molecule has 0 saturated carbocycles. The van der Waals surface area contributed by atoms with Crippen LogP contribution in [0.5, 0.6) is 0 Å². The summed E-state index contributed by atoms with van der Waals surface area (Å²) in [7, 11) is 1.91. The van der Waals surface area contributed by atoms with Gasteiger partial charge in [0, 0.05) is 32.7 Å². The molecule has 3 heteroatoms. The summed E-state index contributed by atoms with van der Waals surface area (Å²) in [5, 5.41) is 0. The topological polar surface area (TPSA) is 29.5 Å². The molecule has 0 N–H and O–H groups in total. The molecule has 0 aliphatic rings. The van der Waals surface area contributed by atoms with Gasteiger partial charge < -0.3 is 9.64 Å². The van der Waals surface area contributed by atoms with Crippen molar-refractivity contribution >= 4 is 5.91 Å². The lowest BCUT2D eigenvalue weighted by Gasteiger charge is -2.20. The van der Waals surface area contributed by atoms with Crippen molar-refractivity contribution in [2.75, 3.05) is 26.8 Å². The second-order valence-corrected chi connectivity index (χ2v) is 6.40. The Morgan fingerprint density at radius 3 is 2.19 bits per heavy atom. The van der Waals surface area contributed by atoms with Gasteiger partial charge in [0.1, 0.15) is 0 Å². The van der Waals surface area contributed by atoms with Gasteiger partial charge in [-0.3, -0.25) is 4.79 Å². The van der Waals surface area contributed by atoms with Gasteiger partial charge in [-0.15, -0.1) is 0 Å². The zero-order chi connectivity index (χ0) is 16.1. The Morgan fingerprint density at radius 1 is 1.00 bits per heavy atom. The predicted octanol–water partition coefficient (Wildman–Crippen LogP) is 4.50. The average molecular weight is 299 g/mol. The lowest BCUT2D eigenvalue weighted by Crippen LogP contribution is -2.32. The number of carbonyl (C=O) groups excluding carboxylic acids is 1. The van der Waals surface area contributed by atoms with Crippen LogP contribution in [-0.4, -0.2) is 37.6 Å². The first-order valence-electron chi connectivity index (χ1n) is 8.85. The van der Waals surface area contributed by atoms with Gasteiger partial charge in [0.05, 0.1) is 0 Å². The predicted molar refractivity (Wildman–Crippen MR) is 90.5 cm³/mol. The Labute approximate surface area is 132 Å². The molecule has 21 heavy (non-hydrogen) atoms. The molecule has 2 atom stereocenters. The van der Waals surface area contributed by atoms with Gasteiger partial charge in [0.15, 0.2) is 0 Å². The lowest BCUT2D eigenvalue weighted by molar-refractivity contribution is -0.133. The molecule has 0 fully saturated rings. The Kier molecular flexibility index (Phi) is 12.8. The molecular formula is C18H37NO2. The van der Waals surface area contributed by atoms with Crippen LogP contribution in [0.25, 0.3) is 0 Å². The maximum Gasteiger partial charge on any atom is 0.225 e. The van der Waals surface area contributed by atoms with Crippen molar-refractivity contribution in [2.45, 2.75) is 72.6 Å². The van der Waals surface area contributed by atoms with E-state index in [9.17, 15) is 4.79 Å². The van der Waals surface area contributed by atoms with E-state index in [-0.39, 0.29) is 11.8 Å². The third-order valence-electron chi connectivity index (χ3n) is 4.37. The van der Waals surface area contributed by atoms with Crippen LogP contribution in [0, 0.1) is 11.8 Å². The number of carbonyl (C=O) groups is 1. The van der Waals surface area contributed by atoms with E-state index in [0.29, 0.717) is 0 Å². The quantitative estimate of drug-likeness (QED) is 0.468. The molecule has 0 spiro atoms. The van der Waals surface area contributed by atoms with Crippen LogP contribution >= 0.6 is 0 Å². The smallest absolute Gasteiger partial charge is 0.225 e. The summed E-state index contributed by atoms with van der Waals surface area (Å²) in [6.07, 6.45) is 8.06. The summed E-state index contributed by atoms with van der Waals surface area (Å²) in [4.78, 5) is 13.7. The van der Waals surface area contributed by atoms with E-state index in [1.807, 2.05) is 18.9 Å². The van der Waals surface area contributed by atoms with E-state index >= 15 is 0 Å². The maximum absolute atomic E-state index is 11.9. The van der Waals surface area contributed by atoms with Gasteiger partial charge in [-0.25, -0.2) is 0 Å². The number of ether oxygens (including phenoxy) is 1. The summed E-state index contributed by atoms with van der Waals surface area (Å²) in [5.41, 5.74) is 0. The zero-order valence-corrected chi connectivity index (χ0v) is 15.0. The molecule has 0 aromatic rings. The van der Waals surface area contributed by atoms with Crippen molar-refractivity contribution < 1.29 is 9.53 Å². The zero-order valence-electron chi connectivity index (χ0n) is 15.0. The number of amides is 1. The third-order valence-corrected chi connectivity index (χ3v) is 4.37. The van der Waals surface area contributed by atoms with Gasteiger partial charge in [0.2, 0.25) is 5.91 Å². The molecule has 0 aliphatic carbocycles. The van der Waals surface area contributed by atoms with Crippen molar-refractivity contribution in [3.63, 3.8) is 0 Å². The number of hydrogen-bond donors (Lipinski definition) is 0. The summed E-state index contributed by atoms with van der Waals surface area (Å²) >= 11 is 0. The fourth-order valence-corrected chi connectivity index (χ4v) is 2.22. The molecule has 0 aliphatic heterocycles. The highest BCUT2D eigenvalue weighted by Gasteiger charge is 2.14. The molecule has 0 bridgehead atoms. The Morgan fingerprint density at radius 2 is 1.62 bits per heavy atom. The normalized spacial score (nSPS) is 14.0. The number of hydrogen-bond acceptors (Lipinski definition) is 2. The first-order chi connectivity index (χ1) is 10.0. The number of rotatable bonds is 13. The monoisotopic (exact) mass is 299 g/mol. The molecule has 0 radical (unpaired) electrons. The standard InChI is InChI=1S/C18H37NO2/c1-6-16(3)12-8-10-14-21-15-11-9-13-19(5)18(20)17(4)7-2/h16-17H,6-15H2,1-5H3. The van der Waals surface area contributed by atoms with Crippen molar-refractivity contribution in [2.24, 2.45) is 11.8 Å². The van der Waals surface area contributed by atoms with Crippen molar-refractivity contribution in [1.82, 2.24) is 4.90 Å². The maximum atomic E-state index is 11.9. The fourth-order valence-electron chi connectivity index (χ4n) is 2.22. The fraction of sp³-hybridized carbons (Fsp3) is 0.944. The summed E-state index contributed by atoms with van der Waals surface area (Å²) < 4.78 is 5.66. The Bertz CT molecular complexity index is 256. The summed E-state index contributed by atoms with van der Waals surface area (Å²) in [6, 6.07) is 0. The largest absolute Gasteiger partial charge is 0.381 e. The third kappa shape index (κ3) is 10.8. The van der Waals surface area contributed by atoms with Crippen LogP contribution < -0.4 is 0 Å². The molecule has 1 amide bonds. The molecular weight excluding hydrogens is 262 g/mol. The number of unbranched alkanes of at least 4 members (excludes halogenated alkanes) is 2. The molecule has 0 heterocycles. The summed E-state index contributed by atoms with van der Waals surface area (Å²) in [5.74, 6) is 1.27. The van der Waals surface area contributed by atoms with Gasteiger partial charge >= 0.3 is 0 Å². The van der Waals surface area contributed by atoms with E-state index in [1.165, 1.54) is 25.7 Å². The second-order valence-electron chi connectivity index (χ2n) is 6.40. The van der Waals surface area contributed by atoms with E-state index in [4.69, 9.17) is 4.74 Å². The second kappa shape index (κ2) is 13.1. The molecule has 2 unspecified atom stereocenters. The van der Waals surface area contributed by atoms with Gasteiger partial charge in [-0.05, 0) is 31.6 Å². The van der Waals surface area contributed by atoms with E-state index in [0.717, 1.165) is 44.9 Å².